The molecule has 6 nitrogen and oxygen atoms in total. The lowest BCUT2D eigenvalue weighted by molar-refractivity contribution is 0.179. The first-order chi connectivity index (χ1) is 13.1. The van der Waals surface area contributed by atoms with Gasteiger partial charge in [0.2, 0.25) is 0 Å². The Morgan fingerprint density at radius 1 is 1.15 bits per heavy atom. The molecule has 27 heavy (non-hydrogen) atoms. The highest BCUT2D eigenvalue weighted by molar-refractivity contribution is 6.31. The minimum atomic E-state index is -0.484. The van der Waals surface area contributed by atoms with Crippen molar-refractivity contribution in [3.63, 3.8) is 0 Å². The van der Waals surface area contributed by atoms with E-state index in [9.17, 15) is 4.39 Å². The standard InChI is InChI=1S/C19H20ClFN4O2/c1-25(2)9-10-26-16-8-4-7-15-17(16)19(23-12-22-15)24-27-11-13-5-3-6-14(21)18(13)20/h3-8,12H,9-11H2,1-2H3,(H,22,23,24). The number of ether oxygens (including phenoxy) is 1. The van der Waals surface area contributed by atoms with Gasteiger partial charge in [0.15, 0.2) is 5.82 Å². The lowest BCUT2D eigenvalue weighted by atomic mass is 10.2. The molecule has 0 amide bonds. The van der Waals surface area contributed by atoms with Crippen molar-refractivity contribution in [3.05, 3.63) is 59.1 Å². The summed E-state index contributed by atoms with van der Waals surface area (Å²) in [6.45, 7) is 1.38. The van der Waals surface area contributed by atoms with Crippen LogP contribution >= 0.6 is 11.6 Å². The summed E-state index contributed by atoms with van der Waals surface area (Å²) < 4.78 is 19.4. The molecule has 1 aromatic heterocycles. The molecule has 2 aromatic carbocycles. The van der Waals surface area contributed by atoms with Gasteiger partial charge in [-0.3, -0.25) is 4.84 Å². The van der Waals surface area contributed by atoms with E-state index < -0.39 is 5.82 Å². The molecule has 0 bridgehead atoms. The van der Waals surface area contributed by atoms with E-state index in [0.29, 0.717) is 29.1 Å². The van der Waals surface area contributed by atoms with Gasteiger partial charge in [-0.15, -0.1) is 0 Å². The van der Waals surface area contributed by atoms with E-state index in [1.807, 2.05) is 37.2 Å². The minimum absolute atomic E-state index is 0.0413. The van der Waals surface area contributed by atoms with Gasteiger partial charge < -0.3 is 9.64 Å². The van der Waals surface area contributed by atoms with E-state index in [0.717, 1.165) is 12.1 Å². The van der Waals surface area contributed by atoms with Crippen LogP contribution in [0.5, 0.6) is 5.75 Å². The normalized spacial score (nSPS) is 11.1. The van der Waals surface area contributed by atoms with E-state index in [1.54, 1.807) is 12.1 Å². The minimum Gasteiger partial charge on any atom is -0.491 e. The molecule has 0 aliphatic carbocycles. The average Bonchev–Trinajstić information content (AvgIpc) is 2.65. The Balaban J connectivity index is 1.76. The molecule has 0 aliphatic rings. The van der Waals surface area contributed by atoms with Crippen molar-refractivity contribution in [2.24, 2.45) is 0 Å². The summed E-state index contributed by atoms with van der Waals surface area (Å²) in [4.78, 5) is 16.0. The Bertz CT molecular complexity index is 918. The van der Waals surface area contributed by atoms with E-state index >= 15 is 0 Å². The first kappa shape index (κ1) is 19.3. The summed E-state index contributed by atoms with van der Waals surface area (Å²) in [6.07, 6.45) is 1.44. The van der Waals surface area contributed by atoms with Crippen LogP contribution in [0.1, 0.15) is 5.56 Å². The number of likely N-dealkylation sites (N-methyl/N-ethyl adjacent to an activating group) is 1. The topological polar surface area (TPSA) is 59.5 Å². The highest BCUT2D eigenvalue weighted by Crippen LogP contribution is 2.30. The number of benzene rings is 2. The predicted octanol–water partition coefficient (Wildman–Crippen LogP) is 3.91. The molecule has 142 valence electrons. The molecule has 8 heteroatoms. The van der Waals surface area contributed by atoms with Crippen LogP contribution in [0.25, 0.3) is 10.9 Å². The van der Waals surface area contributed by atoms with Gasteiger partial charge in [-0.05, 0) is 32.3 Å². The molecule has 0 unspecified atom stereocenters. The summed E-state index contributed by atoms with van der Waals surface area (Å²) in [6, 6.07) is 10.2. The van der Waals surface area contributed by atoms with Crippen molar-refractivity contribution >= 4 is 28.3 Å². The second-order valence-electron chi connectivity index (χ2n) is 6.13. The van der Waals surface area contributed by atoms with E-state index in [4.69, 9.17) is 21.2 Å². The van der Waals surface area contributed by atoms with Crippen LogP contribution in [0, 0.1) is 5.82 Å². The van der Waals surface area contributed by atoms with Crippen LogP contribution < -0.4 is 10.2 Å². The van der Waals surface area contributed by atoms with Crippen molar-refractivity contribution in [2.75, 3.05) is 32.7 Å². The molecule has 0 aliphatic heterocycles. The second kappa shape index (κ2) is 8.94. The SMILES string of the molecule is CN(C)CCOc1cccc2ncnc(NOCc3cccc(F)c3Cl)c12. The maximum Gasteiger partial charge on any atom is 0.164 e. The third-order valence-corrected chi connectivity index (χ3v) is 4.27. The van der Waals surface area contributed by atoms with Crippen molar-refractivity contribution < 1.29 is 14.0 Å². The highest BCUT2D eigenvalue weighted by Gasteiger charge is 2.11. The van der Waals surface area contributed by atoms with Gasteiger partial charge in [-0.1, -0.05) is 29.8 Å². The third-order valence-electron chi connectivity index (χ3n) is 3.85. The van der Waals surface area contributed by atoms with Crippen molar-refractivity contribution in [2.45, 2.75) is 6.61 Å². The molecular formula is C19H20ClFN4O2. The number of nitrogens with zero attached hydrogens (tertiary/aromatic N) is 3. The van der Waals surface area contributed by atoms with Gasteiger partial charge in [0.1, 0.15) is 31.1 Å². The number of rotatable bonds is 8. The summed E-state index contributed by atoms with van der Waals surface area (Å²) in [5.74, 6) is 0.639. The zero-order valence-electron chi connectivity index (χ0n) is 15.1. The summed E-state index contributed by atoms with van der Waals surface area (Å²) in [7, 11) is 3.96. The number of hydrogen-bond donors (Lipinski definition) is 1. The molecule has 3 rings (SSSR count). The average molecular weight is 391 g/mol. The van der Waals surface area contributed by atoms with Crippen molar-refractivity contribution in [1.82, 2.24) is 14.9 Å². The lowest BCUT2D eigenvalue weighted by Gasteiger charge is -2.14. The van der Waals surface area contributed by atoms with Crippen LogP contribution in [0.4, 0.5) is 10.2 Å². The monoisotopic (exact) mass is 390 g/mol. The smallest absolute Gasteiger partial charge is 0.164 e. The maximum absolute atomic E-state index is 13.5. The van der Waals surface area contributed by atoms with Gasteiger partial charge in [0.05, 0.1) is 15.9 Å². The number of aromatic nitrogens is 2. The van der Waals surface area contributed by atoms with Crippen LogP contribution in [-0.4, -0.2) is 42.1 Å². The second-order valence-corrected chi connectivity index (χ2v) is 6.51. The molecule has 3 aromatic rings. The van der Waals surface area contributed by atoms with Crippen LogP contribution in [-0.2, 0) is 11.4 Å². The summed E-state index contributed by atoms with van der Waals surface area (Å²) >= 11 is 5.95. The molecule has 0 fully saturated rings. The van der Waals surface area contributed by atoms with Gasteiger partial charge in [-0.25, -0.2) is 19.8 Å². The lowest BCUT2D eigenvalue weighted by Crippen LogP contribution is -2.19. The fourth-order valence-electron chi connectivity index (χ4n) is 2.46. The Morgan fingerprint density at radius 2 is 1.96 bits per heavy atom. The number of halogens is 2. The van der Waals surface area contributed by atoms with Crippen LogP contribution in [0.3, 0.4) is 0 Å². The number of nitrogens with one attached hydrogen (secondary N) is 1. The molecule has 1 heterocycles. The fourth-order valence-corrected chi connectivity index (χ4v) is 2.64. The van der Waals surface area contributed by atoms with Gasteiger partial charge in [0, 0.05) is 12.1 Å². The number of anilines is 1. The summed E-state index contributed by atoms with van der Waals surface area (Å²) in [5.41, 5.74) is 4.06. The number of hydrogen-bond acceptors (Lipinski definition) is 6. The first-order valence-corrected chi connectivity index (χ1v) is 8.76. The highest BCUT2D eigenvalue weighted by atomic mass is 35.5. The van der Waals surface area contributed by atoms with Gasteiger partial charge in [-0.2, -0.15) is 0 Å². The van der Waals surface area contributed by atoms with Gasteiger partial charge >= 0.3 is 0 Å². The Kier molecular flexibility index (Phi) is 6.39. The van der Waals surface area contributed by atoms with E-state index in [1.165, 1.54) is 12.4 Å². The predicted molar refractivity (Wildman–Crippen MR) is 103 cm³/mol. The first-order valence-electron chi connectivity index (χ1n) is 8.38. The molecule has 0 atom stereocenters. The Hall–Kier alpha value is -2.48. The molecular weight excluding hydrogens is 371 g/mol. The Morgan fingerprint density at radius 3 is 2.78 bits per heavy atom. The zero-order chi connectivity index (χ0) is 19.2. The van der Waals surface area contributed by atoms with E-state index in [-0.39, 0.29) is 11.6 Å². The van der Waals surface area contributed by atoms with E-state index in [2.05, 4.69) is 15.4 Å². The molecule has 1 N–H and O–H groups in total. The molecule has 0 radical (unpaired) electrons. The maximum atomic E-state index is 13.5. The molecule has 0 saturated heterocycles. The largest absolute Gasteiger partial charge is 0.491 e. The van der Waals surface area contributed by atoms with Crippen molar-refractivity contribution in [3.8, 4) is 5.75 Å². The zero-order valence-corrected chi connectivity index (χ0v) is 15.8. The number of fused-ring (bicyclic) bond motifs is 1. The van der Waals surface area contributed by atoms with Crippen molar-refractivity contribution in [1.29, 1.82) is 0 Å². The molecule has 0 saturated carbocycles. The van der Waals surface area contributed by atoms with Gasteiger partial charge in [0.25, 0.3) is 0 Å². The fraction of sp³-hybridized carbons (Fsp3) is 0.263. The Labute approximate surface area is 161 Å². The van der Waals surface area contributed by atoms with Crippen LogP contribution in [0.15, 0.2) is 42.7 Å². The third kappa shape index (κ3) is 4.82. The quantitative estimate of drug-likeness (QED) is 0.588. The molecule has 0 spiro atoms. The summed E-state index contributed by atoms with van der Waals surface area (Å²) in [5, 5.41) is 0.753. The van der Waals surface area contributed by atoms with Crippen LogP contribution in [0.2, 0.25) is 5.02 Å².